The second-order valence-electron chi connectivity index (χ2n) is 7.08. The van der Waals surface area contributed by atoms with Crippen molar-refractivity contribution in [2.45, 2.75) is 13.0 Å². The molecule has 1 heterocycles. The second kappa shape index (κ2) is 8.77. The van der Waals surface area contributed by atoms with Crippen LogP contribution in [-0.2, 0) is 4.79 Å². The van der Waals surface area contributed by atoms with Gasteiger partial charge in [0.15, 0.2) is 0 Å². The van der Waals surface area contributed by atoms with E-state index < -0.39 is 6.04 Å². The van der Waals surface area contributed by atoms with Crippen molar-refractivity contribution in [3.63, 3.8) is 0 Å². The molecule has 8 nitrogen and oxygen atoms in total. The van der Waals surface area contributed by atoms with Gasteiger partial charge in [-0.2, -0.15) is 0 Å². The van der Waals surface area contributed by atoms with E-state index in [0.29, 0.717) is 28.5 Å². The van der Waals surface area contributed by atoms with Crippen molar-refractivity contribution in [1.82, 2.24) is 10.6 Å². The van der Waals surface area contributed by atoms with Gasteiger partial charge in [0, 0.05) is 31.5 Å². The van der Waals surface area contributed by atoms with E-state index in [1.807, 2.05) is 43.3 Å². The molecule has 0 unspecified atom stereocenters. The molecule has 3 amide bonds. The van der Waals surface area contributed by atoms with Crippen molar-refractivity contribution in [3.05, 3.63) is 59.3 Å². The van der Waals surface area contributed by atoms with Gasteiger partial charge < -0.3 is 30.3 Å². The van der Waals surface area contributed by atoms with Gasteiger partial charge in [-0.1, -0.05) is 12.1 Å². The summed E-state index contributed by atoms with van der Waals surface area (Å²) >= 11 is 0. The summed E-state index contributed by atoms with van der Waals surface area (Å²) in [7, 11) is 6.98. The van der Waals surface area contributed by atoms with Gasteiger partial charge >= 0.3 is 6.03 Å². The van der Waals surface area contributed by atoms with Crippen LogP contribution in [-0.4, -0.2) is 40.3 Å². The van der Waals surface area contributed by atoms with E-state index in [-0.39, 0.29) is 11.9 Å². The highest BCUT2D eigenvalue weighted by Gasteiger charge is 2.31. The van der Waals surface area contributed by atoms with E-state index >= 15 is 0 Å². The molecule has 0 saturated carbocycles. The molecule has 0 aliphatic carbocycles. The number of benzene rings is 2. The molecule has 2 aromatic carbocycles. The number of hydrogen-bond acceptors (Lipinski definition) is 5. The van der Waals surface area contributed by atoms with Crippen LogP contribution in [0.3, 0.4) is 0 Å². The Bertz CT molecular complexity index is 983. The fourth-order valence-corrected chi connectivity index (χ4v) is 3.31. The van der Waals surface area contributed by atoms with Gasteiger partial charge in [-0.25, -0.2) is 4.79 Å². The summed E-state index contributed by atoms with van der Waals surface area (Å²) in [5, 5.41) is 8.40. The maximum absolute atomic E-state index is 13.2. The predicted molar refractivity (Wildman–Crippen MR) is 116 cm³/mol. The Morgan fingerprint density at radius 1 is 1.07 bits per heavy atom. The Hall–Kier alpha value is -3.68. The molecule has 2 aromatic rings. The van der Waals surface area contributed by atoms with Gasteiger partial charge in [0.1, 0.15) is 11.5 Å². The van der Waals surface area contributed by atoms with Gasteiger partial charge in [0.05, 0.1) is 31.5 Å². The number of carbonyl (C=O) groups excluding carboxylic acids is 2. The first kappa shape index (κ1) is 21.0. The summed E-state index contributed by atoms with van der Waals surface area (Å²) < 4.78 is 10.6. The van der Waals surface area contributed by atoms with E-state index in [0.717, 1.165) is 11.3 Å². The molecule has 0 bridgehead atoms. The summed E-state index contributed by atoms with van der Waals surface area (Å²) in [6.07, 6.45) is 0. The van der Waals surface area contributed by atoms with E-state index in [4.69, 9.17) is 9.47 Å². The van der Waals surface area contributed by atoms with Gasteiger partial charge in [0.25, 0.3) is 5.91 Å². The van der Waals surface area contributed by atoms with E-state index in [9.17, 15) is 9.59 Å². The standard InChI is InChI=1S/C22H26N4O4/c1-13-19(21(27)24-17-12-16(29-4)10-11-18(17)30-5)20(25-22(28)23-13)14-6-8-15(9-7-14)26(2)3/h6-12,20H,1-5H3,(H,24,27)(H2,23,25,28)/t20-/m0/s1. The third-order valence-electron chi connectivity index (χ3n) is 4.91. The maximum atomic E-state index is 13.2. The van der Waals surface area contributed by atoms with Crippen molar-refractivity contribution in [2.24, 2.45) is 0 Å². The second-order valence-corrected chi connectivity index (χ2v) is 7.08. The molecule has 158 valence electrons. The number of rotatable bonds is 6. The van der Waals surface area contributed by atoms with E-state index in [1.54, 1.807) is 32.2 Å². The summed E-state index contributed by atoms with van der Waals surface area (Å²) in [5.41, 5.74) is 3.20. The number of allylic oxidation sites excluding steroid dienone is 1. The van der Waals surface area contributed by atoms with Crippen LogP contribution >= 0.6 is 0 Å². The number of nitrogens with one attached hydrogen (secondary N) is 3. The quantitative estimate of drug-likeness (QED) is 0.681. The SMILES string of the molecule is COc1ccc(OC)c(NC(=O)C2=C(C)NC(=O)N[C@H]2c2ccc(N(C)C)cc2)c1. The highest BCUT2D eigenvalue weighted by Crippen LogP contribution is 2.32. The molecule has 30 heavy (non-hydrogen) atoms. The molecule has 1 aliphatic rings. The Morgan fingerprint density at radius 3 is 2.37 bits per heavy atom. The summed E-state index contributed by atoms with van der Waals surface area (Å²) in [4.78, 5) is 27.3. The largest absolute Gasteiger partial charge is 0.497 e. The molecule has 0 spiro atoms. The lowest BCUT2D eigenvalue weighted by Crippen LogP contribution is -2.46. The number of urea groups is 1. The zero-order valence-corrected chi connectivity index (χ0v) is 17.7. The average Bonchev–Trinajstić information content (AvgIpc) is 2.73. The molecule has 8 heteroatoms. The topological polar surface area (TPSA) is 91.9 Å². The van der Waals surface area contributed by atoms with Crippen molar-refractivity contribution >= 4 is 23.3 Å². The Balaban J connectivity index is 1.95. The van der Waals surface area contributed by atoms with Crippen LogP contribution in [0, 0.1) is 0 Å². The minimum absolute atomic E-state index is 0.353. The third-order valence-corrected chi connectivity index (χ3v) is 4.91. The molecule has 0 fully saturated rings. The minimum atomic E-state index is -0.591. The minimum Gasteiger partial charge on any atom is -0.497 e. The molecule has 3 N–H and O–H groups in total. The number of hydrogen-bond donors (Lipinski definition) is 3. The Kier molecular flexibility index (Phi) is 6.15. The number of nitrogens with zero attached hydrogens (tertiary/aromatic N) is 1. The Morgan fingerprint density at radius 2 is 1.77 bits per heavy atom. The van der Waals surface area contributed by atoms with Crippen LogP contribution in [0.5, 0.6) is 11.5 Å². The maximum Gasteiger partial charge on any atom is 0.319 e. The fourth-order valence-electron chi connectivity index (χ4n) is 3.31. The van der Waals surface area contributed by atoms with Crippen molar-refractivity contribution < 1.29 is 19.1 Å². The Labute approximate surface area is 175 Å². The molecule has 0 saturated heterocycles. The molecule has 0 aromatic heterocycles. The van der Waals surface area contributed by atoms with Gasteiger partial charge in [-0.05, 0) is 36.8 Å². The highest BCUT2D eigenvalue weighted by molar-refractivity contribution is 6.07. The zero-order chi connectivity index (χ0) is 21.8. The first-order valence-corrected chi connectivity index (χ1v) is 9.43. The third kappa shape index (κ3) is 4.32. The smallest absolute Gasteiger partial charge is 0.319 e. The molecule has 3 rings (SSSR count). The van der Waals surface area contributed by atoms with Gasteiger partial charge in [0.2, 0.25) is 0 Å². The zero-order valence-electron chi connectivity index (χ0n) is 17.7. The first-order valence-electron chi connectivity index (χ1n) is 9.43. The lowest BCUT2D eigenvalue weighted by Gasteiger charge is -2.29. The van der Waals surface area contributed by atoms with Crippen LogP contribution in [0.1, 0.15) is 18.5 Å². The lowest BCUT2D eigenvalue weighted by atomic mass is 9.94. The monoisotopic (exact) mass is 410 g/mol. The summed E-state index contributed by atoms with van der Waals surface area (Å²) in [6, 6.07) is 11.9. The molecular weight excluding hydrogens is 384 g/mol. The molecule has 1 atom stereocenters. The van der Waals surface area contributed by atoms with Crippen LogP contribution in [0.2, 0.25) is 0 Å². The predicted octanol–water partition coefficient (Wildman–Crippen LogP) is 3.04. The summed E-state index contributed by atoms with van der Waals surface area (Å²) in [6.45, 7) is 1.71. The fraction of sp³-hybridized carbons (Fsp3) is 0.273. The number of carbonyl (C=O) groups is 2. The van der Waals surface area contributed by atoms with Crippen LogP contribution in [0.15, 0.2) is 53.7 Å². The van der Waals surface area contributed by atoms with Crippen LogP contribution in [0.25, 0.3) is 0 Å². The number of amides is 3. The number of anilines is 2. The average molecular weight is 410 g/mol. The number of ether oxygens (including phenoxy) is 2. The first-order chi connectivity index (χ1) is 14.3. The number of methoxy groups -OCH3 is 2. The van der Waals surface area contributed by atoms with Crippen molar-refractivity contribution in [1.29, 1.82) is 0 Å². The van der Waals surface area contributed by atoms with Gasteiger partial charge in [-0.3, -0.25) is 4.79 Å². The van der Waals surface area contributed by atoms with E-state index in [2.05, 4.69) is 16.0 Å². The summed E-state index contributed by atoms with van der Waals surface area (Å²) in [5.74, 6) is 0.734. The lowest BCUT2D eigenvalue weighted by molar-refractivity contribution is -0.113. The molecular formula is C22H26N4O4. The highest BCUT2D eigenvalue weighted by atomic mass is 16.5. The molecule has 1 aliphatic heterocycles. The normalized spacial score (nSPS) is 15.8. The van der Waals surface area contributed by atoms with Crippen molar-refractivity contribution in [3.8, 4) is 11.5 Å². The van der Waals surface area contributed by atoms with Crippen LogP contribution in [0.4, 0.5) is 16.2 Å². The van der Waals surface area contributed by atoms with Crippen molar-refractivity contribution in [2.75, 3.05) is 38.5 Å². The van der Waals surface area contributed by atoms with Gasteiger partial charge in [-0.15, -0.1) is 0 Å². The molecule has 0 radical (unpaired) electrons. The van der Waals surface area contributed by atoms with E-state index in [1.165, 1.54) is 7.11 Å². The van der Waals surface area contributed by atoms with Crippen LogP contribution < -0.4 is 30.3 Å².